The molecule has 3 atom stereocenters. The average Bonchev–Trinajstić information content (AvgIpc) is 2.49. The molecule has 0 saturated heterocycles. The predicted octanol–water partition coefficient (Wildman–Crippen LogP) is 0.980. The maximum absolute atomic E-state index is 12.2. The van der Waals surface area contributed by atoms with E-state index in [0.29, 0.717) is 19.3 Å². The number of rotatable bonds is 6. The highest BCUT2D eigenvalue weighted by atomic mass is 16.7. The molecular formula is C15H24N2O6. The van der Waals surface area contributed by atoms with Crippen LogP contribution in [0.1, 0.15) is 46.5 Å². The summed E-state index contributed by atoms with van der Waals surface area (Å²) in [4.78, 5) is 47.4. The summed E-state index contributed by atoms with van der Waals surface area (Å²) in [7, 11) is 1.50. The zero-order valence-electron chi connectivity index (χ0n) is 14.0. The lowest BCUT2D eigenvalue weighted by molar-refractivity contribution is -0.169. The van der Waals surface area contributed by atoms with Crippen LogP contribution in [0.25, 0.3) is 0 Å². The van der Waals surface area contributed by atoms with Gasteiger partial charge in [0.05, 0.1) is 0 Å². The molecule has 8 heteroatoms. The summed E-state index contributed by atoms with van der Waals surface area (Å²) >= 11 is 0. The van der Waals surface area contributed by atoms with Gasteiger partial charge in [-0.25, -0.2) is 9.59 Å². The van der Waals surface area contributed by atoms with Crippen LogP contribution in [0, 0.1) is 0 Å². The summed E-state index contributed by atoms with van der Waals surface area (Å²) in [6.07, 6.45) is 1.21. The molecule has 2 amide bonds. The smallest absolute Gasteiger partial charge is 0.413 e. The first-order chi connectivity index (χ1) is 10.7. The van der Waals surface area contributed by atoms with Crippen LogP contribution in [0.3, 0.4) is 0 Å². The molecule has 8 nitrogen and oxygen atoms in total. The van der Waals surface area contributed by atoms with Crippen molar-refractivity contribution in [1.82, 2.24) is 10.2 Å². The maximum Gasteiger partial charge on any atom is 0.413 e. The van der Waals surface area contributed by atoms with E-state index in [0.717, 1.165) is 12.8 Å². The Morgan fingerprint density at radius 3 is 2.52 bits per heavy atom. The number of hydrogen-bond acceptors (Lipinski definition) is 6. The summed E-state index contributed by atoms with van der Waals surface area (Å²) in [5.41, 5.74) is -0.897. The predicted molar refractivity (Wildman–Crippen MR) is 80.3 cm³/mol. The van der Waals surface area contributed by atoms with Gasteiger partial charge in [-0.3, -0.25) is 14.5 Å². The van der Waals surface area contributed by atoms with Gasteiger partial charge >= 0.3 is 12.1 Å². The van der Waals surface area contributed by atoms with Gasteiger partial charge in [0.2, 0.25) is 12.7 Å². The van der Waals surface area contributed by atoms with Crippen molar-refractivity contribution in [2.75, 3.05) is 7.05 Å². The Morgan fingerprint density at radius 1 is 1.30 bits per heavy atom. The second kappa shape index (κ2) is 7.94. The number of ketones is 1. The van der Waals surface area contributed by atoms with Crippen LogP contribution >= 0.6 is 0 Å². The van der Waals surface area contributed by atoms with Crippen molar-refractivity contribution in [1.29, 1.82) is 0 Å². The molecule has 0 aromatic heterocycles. The van der Waals surface area contributed by atoms with E-state index >= 15 is 0 Å². The normalized spacial score (nSPS) is 23.4. The van der Waals surface area contributed by atoms with Crippen molar-refractivity contribution in [2.45, 2.75) is 64.3 Å². The second-order valence-corrected chi connectivity index (χ2v) is 5.86. The van der Waals surface area contributed by atoms with Gasteiger partial charge in [0.15, 0.2) is 5.78 Å². The number of amides is 2. The van der Waals surface area contributed by atoms with E-state index in [2.05, 4.69) is 5.32 Å². The molecule has 0 radical (unpaired) electrons. The molecule has 0 aliphatic heterocycles. The molecule has 0 bridgehead atoms. The Morgan fingerprint density at radius 2 is 1.96 bits per heavy atom. The van der Waals surface area contributed by atoms with E-state index in [1.165, 1.54) is 25.8 Å². The number of ether oxygens (including phenoxy) is 2. The Hall–Kier alpha value is -2.12. The van der Waals surface area contributed by atoms with E-state index in [1.807, 2.05) is 0 Å². The summed E-state index contributed by atoms with van der Waals surface area (Å²) in [5.74, 6) is -0.725. The fourth-order valence-corrected chi connectivity index (χ4v) is 2.40. The molecule has 1 N–H and O–H groups in total. The quantitative estimate of drug-likeness (QED) is 0.443. The van der Waals surface area contributed by atoms with Gasteiger partial charge in [0, 0.05) is 20.4 Å². The van der Waals surface area contributed by atoms with Gasteiger partial charge in [-0.1, -0.05) is 6.42 Å². The van der Waals surface area contributed by atoms with Crippen molar-refractivity contribution in [3.05, 3.63) is 0 Å². The Balaban J connectivity index is 2.59. The lowest BCUT2D eigenvalue weighted by Crippen LogP contribution is -2.55. The largest absolute Gasteiger partial charge is 0.424 e. The fourth-order valence-electron chi connectivity index (χ4n) is 2.40. The third-order valence-corrected chi connectivity index (χ3v) is 4.15. The monoisotopic (exact) mass is 328 g/mol. The summed E-state index contributed by atoms with van der Waals surface area (Å²) < 4.78 is 9.97. The topological polar surface area (TPSA) is 102 Å². The number of likely N-dealkylation sites (N-methyl/N-ethyl adjacent to an activating group) is 1. The van der Waals surface area contributed by atoms with Gasteiger partial charge in [-0.15, -0.1) is 0 Å². The first-order valence-electron chi connectivity index (χ1n) is 7.60. The molecule has 130 valence electrons. The summed E-state index contributed by atoms with van der Waals surface area (Å²) in [6, 6.07) is -0.844. The number of carbonyl (C=O) groups is 4. The second-order valence-electron chi connectivity index (χ2n) is 5.86. The van der Waals surface area contributed by atoms with E-state index < -0.39 is 29.9 Å². The molecule has 1 aliphatic carbocycles. The van der Waals surface area contributed by atoms with Crippen LogP contribution in [0.2, 0.25) is 0 Å². The average molecular weight is 328 g/mol. The Labute approximate surface area is 135 Å². The first kappa shape index (κ1) is 18.9. The van der Waals surface area contributed by atoms with Crippen molar-refractivity contribution < 1.29 is 28.7 Å². The minimum absolute atomic E-state index is 0.00310. The number of hydrogen-bond donors (Lipinski definition) is 1. The molecule has 1 fully saturated rings. The standard InChI is InChI=1S/C15H24N2O6/c1-10(16-9-18)13(20)22-11(2)23-14(21)17(4)15(3)8-6-5-7-12(15)19/h9-11H,5-8H2,1-4H3,(H,16,18)/t10?,11?,15-/m1/s1. The van der Waals surface area contributed by atoms with Crippen LogP contribution in [-0.2, 0) is 23.9 Å². The minimum atomic E-state index is -1.13. The first-order valence-corrected chi connectivity index (χ1v) is 7.60. The van der Waals surface area contributed by atoms with Crippen LogP contribution in [0.4, 0.5) is 4.79 Å². The van der Waals surface area contributed by atoms with E-state index in [9.17, 15) is 19.2 Å². The van der Waals surface area contributed by atoms with Gasteiger partial charge in [-0.05, 0) is 26.7 Å². The highest BCUT2D eigenvalue weighted by Crippen LogP contribution is 2.30. The van der Waals surface area contributed by atoms with E-state index in [4.69, 9.17) is 9.47 Å². The number of nitrogens with zero attached hydrogens (tertiary/aromatic N) is 1. The van der Waals surface area contributed by atoms with Gasteiger partial charge in [0.1, 0.15) is 11.6 Å². The van der Waals surface area contributed by atoms with Gasteiger partial charge < -0.3 is 14.8 Å². The molecule has 0 heterocycles. The molecule has 0 aromatic rings. The molecule has 0 spiro atoms. The van der Waals surface area contributed by atoms with Crippen LogP contribution in [0.5, 0.6) is 0 Å². The fraction of sp³-hybridized carbons (Fsp3) is 0.733. The van der Waals surface area contributed by atoms with Crippen LogP contribution in [0.15, 0.2) is 0 Å². The summed E-state index contributed by atoms with van der Waals surface area (Å²) in [6.45, 7) is 4.55. The maximum atomic E-state index is 12.2. The Kier molecular flexibility index (Phi) is 6.53. The van der Waals surface area contributed by atoms with Crippen molar-refractivity contribution in [3.63, 3.8) is 0 Å². The number of carbonyl (C=O) groups excluding carboxylic acids is 4. The molecule has 1 aliphatic rings. The zero-order valence-corrected chi connectivity index (χ0v) is 14.0. The van der Waals surface area contributed by atoms with Crippen molar-refractivity contribution in [3.8, 4) is 0 Å². The molecular weight excluding hydrogens is 304 g/mol. The highest BCUT2D eigenvalue weighted by molar-refractivity contribution is 5.91. The highest BCUT2D eigenvalue weighted by Gasteiger charge is 2.42. The van der Waals surface area contributed by atoms with Gasteiger partial charge in [0.25, 0.3) is 0 Å². The van der Waals surface area contributed by atoms with Gasteiger partial charge in [-0.2, -0.15) is 0 Å². The third-order valence-electron chi connectivity index (χ3n) is 4.15. The molecule has 23 heavy (non-hydrogen) atoms. The van der Waals surface area contributed by atoms with Crippen LogP contribution < -0.4 is 5.32 Å². The third kappa shape index (κ3) is 4.67. The van der Waals surface area contributed by atoms with Crippen LogP contribution in [-0.4, -0.2) is 54.1 Å². The van der Waals surface area contributed by atoms with E-state index in [-0.39, 0.29) is 5.78 Å². The number of esters is 1. The number of Topliss-reactive ketones (excluding diaryl/α,β-unsaturated/α-hetero) is 1. The van der Waals surface area contributed by atoms with Crippen molar-refractivity contribution in [2.24, 2.45) is 0 Å². The molecule has 2 unspecified atom stereocenters. The summed E-state index contributed by atoms with van der Waals surface area (Å²) in [5, 5.41) is 2.24. The minimum Gasteiger partial charge on any atom is -0.424 e. The zero-order chi connectivity index (χ0) is 17.6. The molecule has 1 rings (SSSR count). The number of nitrogens with one attached hydrogen (secondary N) is 1. The molecule has 0 aromatic carbocycles. The molecule has 1 saturated carbocycles. The van der Waals surface area contributed by atoms with Crippen molar-refractivity contribution >= 4 is 24.3 Å². The lowest BCUT2D eigenvalue weighted by atomic mass is 9.81. The van der Waals surface area contributed by atoms with E-state index in [1.54, 1.807) is 6.92 Å². The Bertz CT molecular complexity index is 481. The SMILES string of the molecule is CC(OC(=O)C(C)NC=O)OC(=O)N(C)[C@]1(C)CCCCC1=O. The lowest BCUT2D eigenvalue weighted by Gasteiger charge is -2.39.